The average Bonchev–Trinajstić information content (AvgIpc) is 2.04. The monoisotopic (exact) mass is 210 g/mol. The summed E-state index contributed by atoms with van der Waals surface area (Å²) in [6.07, 6.45) is -1.21. The van der Waals surface area contributed by atoms with Gasteiger partial charge in [0.1, 0.15) is 6.79 Å². The molecule has 0 spiro atoms. The molecule has 0 aromatic rings. The first-order valence-corrected chi connectivity index (χ1v) is 4.29. The second kappa shape index (κ2) is 5.26. The van der Waals surface area contributed by atoms with E-state index in [0.29, 0.717) is 13.2 Å². The van der Waals surface area contributed by atoms with Gasteiger partial charge in [0, 0.05) is 0 Å². The van der Waals surface area contributed by atoms with E-state index in [2.05, 4.69) is 4.74 Å². The van der Waals surface area contributed by atoms with Crippen LogP contribution >= 0.6 is 11.6 Å². The van der Waals surface area contributed by atoms with E-state index in [9.17, 15) is 4.79 Å². The van der Waals surface area contributed by atoms with Crippen LogP contribution in [0.15, 0.2) is 0 Å². The van der Waals surface area contributed by atoms with Crippen LogP contribution in [0.3, 0.4) is 0 Å². The van der Waals surface area contributed by atoms with Crippen molar-refractivity contribution >= 4 is 17.8 Å². The minimum Gasteiger partial charge on any atom is -0.426 e. The maximum absolute atomic E-state index is 10.9. The highest BCUT2D eigenvalue weighted by Gasteiger charge is 2.20. The van der Waals surface area contributed by atoms with Crippen molar-refractivity contribution in [1.29, 1.82) is 0 Å². The molecule has 0 aliphatic carbocycles. The Kier molecular flexibility index (Phi) is 4.27. The van der Waals surface area contributed by atoms with Crippen LogP contribution in [0.25, 0.3) is 0 Å². The van der Waals surface area contributed by atoms with Crippen molar-refractivity contribution in [3.8, 4) is 0 Å². The summed E-state index contributed by atoms with van der Waals surface area (Å²) in [5.74, 6) is 0. The van der Waals surface area contributed by atoms with E-state index in [1.54, 1.807) is 0 Å². The lowest BCUT2D eigenvalue weighted by atomic mass is 10.4. The molecule has 1 aliphatic rings. The zero-order valence-electron chi connectivity index (χ0n) is 7.20. The lowest BCUT2D eigenvalue weighted by Gasteiger charge is -2.22. The van der Waals surface area contributed by atoms with Gasteiger partial charge < -0.3 is 18.9 Å². The summed E-state index contributed by atoms with van der Waals surface area (Å²) in [5, 5.41) is 0. The summed E-state index contributed by atoms with van der Waals surface area (Å²) in [7, 11) is 0. The Balaban J connectivity index is 2.18. The van der Waals surface area contributed by atoms with E-state index in [1.807, 2.05) is 0 Å². The van der Waals surface area contributed by atoms with Gasteiger partial charge in [-0.25, -0.2) is 4.79 Å². The molecule has 1 rings (SSSR count). The maximum Gasteiger partial charge on any atom is 0.510 e. The molecular weight excluding hydrogens is 200 g/mol. The van der Waals surface area contributed by atoms with Gasteiger partial charge in [0.2, 0.25) is 0 Å². The van der Waals surface area contributed by atoms with E-state index in [1.165, 1.54) is 6.92 Å². The predicted octanol–water partition coefficient (Wildman–Crippen LogP) is 1.10. The SMILES string of the molecule is CC(Cl)OC(=O)OC1COCOC1. The van der Waals surface area contributed by atoms with E-state index >= 15 is 0 Å². The average molecular weight is 211 g/mol. The van der Waals surface area contributed by atoms with Gasteiger partial charge in [-0.15, -0.1) is 0 Å². The van der Waals surface area contributed by atoms with Gasteiger partial charge in [-0.3, -0.25) is 0 Å². The third kappa shape index (κ3) is 4.31. The number of carbonyl (C=O) groups is 1. The number of ether oxygens (including phenoxy) is 4. The fourth-order valence-electron chi connectivity index (χ4n) is 0.831. The zero-order valence-corrected chi connectivity index (χ0v) is 7.95. The van der Waals surface area contributed by atoms with Gasteiger partial charge in [0.05, 0.1) is 13.2 Å². The van der Waals surface area contributed by atoms with E-state index in [0.717, 1.165) is 0 Å². The smallest absolute Gasteiger partial charge is 0.426 e. The highest BCUT2D eigenvalue weighted by molar-refractivity contribution is 6.19. The molecule has 76 valence electrons. The Morgan fingerprint density at radius 3 is 2.69 bits per heavy atom. The summed E-state index contributed by atoms with van der Waals surface area (Å²) in [6, 6.07) is 0. The van der Waals surface area contributed by atoms with Crippen molar-refractivity contribution in [3.63, 3.8) is 0 Å². The van der Waals surface area contributed by atoms with Crippen molar-refractivity contribution in [2.45, 2.75) is 18.6 Å². The molecule has 0 bridgehead atoms. The molecule has 1 fully saturated rings. The van der Waals surface area contributed by atoms with Gasteiger partial charge in [0.25, 0.3) is 0 Å². The molecule has 1 atom stereocenters. The van der Waals surface area contributed by atoms with E-state index in [4.69, 9.17) is 25.8 Å². The van der Waals surface area contributed by atoms with Crippen LogP contribution in [0.4, 0.5) is 4.79 Å². The minimum atomic E-state index is -0.804. The summed E-state index contributed by atoms with van der Waals surface area (Å²) in [6.45, 7) is 2.41. The molecule has 0 saturated carbocycles. The second-order valence-electron chi connectivity index (χ2n) is 2.51. The summed E-state index contributed by atoms with van der Waals surface area (Å²) in [4.78, 5) is 10.9. The Morgan fingerprint density at radius 2 is 2.15 bits per heavy atom. The normalized spacial score (nSPS) is 20.8. The lowest BCUT2D eigenvalue weighted by molar-refractivity contribution is -0.158. The molecule has 0 aromatic heterocycles. The maximum atomic E-state index is 10.9. The topological polar surface area (TPSA) is 54.0 Å². The highest BCUT2D eigenvalue weighted by atomic mass is 35.5. The molecule has 0 aromatic carbocycles. The van der Waals surface area contributed by atoms with Crippen LogP contribution in [-0.4, -0.2) is 37.8 Å². The minimum absolute atomic E-state index is 0.237. The third-order valence-corrected chi connectivity index (χ3v) is 1.38. The summed E-state index contributed by atoms with van der Waals surface area (Å²) >= 11 is 5.40. The van der Waals surface area contributed by atoms with E-state index in [-0.39, 0.29) is 6.79 Å². The number of hydrogen-bond acceptors (Lipinski definition) is 5. The predicted molar refractivity (Wildman–Crippen MR) is 43.4 cm³/mol. The van der Waals surface area contributed by atoms with E-state index < -0.39 is 17.8 Å². The Hall–Kier alpha value is -0.520. The molecule has 1 heterocycles. The van der Waals surface area contributed by atoms with Crippen molar-refractivity contribution in [3.05, 3.63) is 0 Å². The zero-order chi connectivity index (χ0) is 9.68. The summed E-state index contributed by atoms with van der Waals surface area (Å²) < 4.78 is 19.2. The van der Waals surface area contributed by atoms with Crippen molar-refractivity contribution in [1.82, 2.24) is 0 Å². The number of carbonyl (C=O) groups excluding carboxylic acids is 1. The second-order valence-corrected chi connectivity index (χ2v) is 3.12. The fourth-order valence-corrected chi connectivity index (χ4v) is 0.903. The molecule has 6 heteroatoms. The van der Waals surface area contributed by atoms with Gasteiger partial charge >= 0.3 is 6.16 Å². The fraction of sp³-hybridized carbons (Fsp3) is 0.857. The van der Waals surface area contributed by atoms with Crippen molar-refractivity contribution < 1.29 is 23.7 Å². The Bertz CT molecular complexity index is 166. The lowest BCUT2D eigenvalue weighted by Crippen LogP contribution is -2.34. The quantitative estimate of drug-likeness (QED) is 0.505. The summed E-state index contributed by atoms with van der Waals surface area (Å²) in [5.41, 5.74) is -0.696. The van der Waals surface area contributed by atoms with Gasteiger partial charge in [-0.1, -0.05) is 11.6 Å². The Labute approximate surface area is 80.8 Å². The molecule has 0 radical (unpaired) electrons. The van der Waals surface area contributed by atoms with Crippen LogP contribution in [0.1, 0.15) is 6.92 Å². The number of alkyl halides is 1. The number of halogens is 1. The van der Waals surface area contributed by atoms with Crippen LogP contribution in [-0.2, 0) is 18.9 Å². The largest absolute Gasteiger partial charge is 0.510 e. The molecule has 0 N–H and O–H groups in total. The molecule has 1 unspecified atom stereocenters. The van der Waals surface area contributed by atoms with Crippen LogP contribution < -0.4 is 0 Å². The van der Waals surface area contributed by atoms with Crippen molar-refractivity contribution in [2.75, 3.05) is 20.0 Å². The van der Waals surface area contributed by atoms with Crippen LogP contribution in [0.5, 0.6) is 0 Å². The molecule has 5 nitrogen and oxygen atoms in total. The standard InChI is InChI=1S/C7H11ClO5/c1-5(8)12-7(9)13-6-2-10-4-11-3-6/h5-6H,2-4H2,1H3. The molecule has 1 saturated heterocycles. The molecule has 1 aliphatic heterocycles. The first-order valence-electron chi connectivity index (χ1n) is 3.85. The first kappa shape index (κ1) is 10.6. The van der Waals surface area contributed by atoms with Gasteiger partial charge in [0.15, 0.2) is 11.7 Å². The molecule has 0 amide bonds. The molecular formula is C7H11ClO5. The third-order valence-electron chi connectivity index (χ3n) is 1.30. The number of hydrogen-bond donors (Lipinski definition) is 0. The van der Waals surface area contributed by atoms with Crippen LogP contribution in [0.2, 0.25) is 0 Å². The number of rotatable bonds is 2. The highest BCUT2D eigenvalue weighted by Crippen LogP contribution is 2.05. The van der Waals surface area contributed by atoms with Gasteiger partial charge in [-0.05, 0) is 6.92 Å². The first-order chi connectivity index (χ1) is 6.18. The van der Waals surface area contributed by atoms with Crippen molar-refractivity contribution in [2.24, 2.45) is 0 Å². The Morgan fingerprint density at radius 1 is 1.54 bits per heavy atom. The van der Waals surface area contributed by atoms with Crippen LogP contribution in [0, 0.1) is 0 Å². The van der Waals surface area contributed by atoms with Gasteiger partial charge in [-0.2, -0.15) is 0 Å². The molecule has 13 heavy (non-hydrogen) atoms.